The van der Waals surface area contributed by atoms with Crippen molar-refractivity contribution in [2.45, 2.75) is 57.1 Å². The summed E-state index contributed by atoms with van der Waals surface area (Å²) in [5, 5.41) is 0.608. The Morgan fingerprint density at radius 1 is 1.04 bits per heavy atom. The molecule has 2 aliphatic heterocycles. The van der Waals surface area contributed by atoms with Gasteiger partial charge in [-0.3, -0.25) is 0 Å². The Morgan fingerprint density at radius 3 is 2.36 bits per heavy atom. The smallest absolute Gasteiger partial charge is 0.338 e. The van der Waals surface area contributed by atoms with E-state index in [0.29, 0.717) is 10.6 Å². The maximum Gasteiger partial charge on any atom is 0.338 e. The van der Waals surface area contributed by atoms with Crippen molar-refractivity contribution in [2.75, 3.05) is 0 Å². The molecule has 0 amide bonds. The van der Waals surface area contributed by atoms with Gasteiger partial charge in [-0.25, -0.2) is 4.79 Å². The van der Waals surface area contributed by atoms with Crippen molar-refractivity contribution in [1.29, 1.82) is 0 Å². The van der Waals surface area contributed by atoms with Gasteiger partial charge >= 0.3 is 5.97 Å². The largest absolute Gasteiger partial charge is 0.451 e. The number of carbonyl (C=O) groups is 1. The average Bonchev–Trinajstić information content (AvgIpc) is 3.15. The zero-order valence-corrected chi connectivity index (χ0v) is 16.8. The molecule has 2 aliphatic rings. The summed E-state index contributed by atoms with van der Waals surface area (Å²) in [5.74, 6) is -1.13. The minimum Gasteiger partial charge on any atom is -0.451 e. The van der Waals surface area contributed by atoms with Crippen LogP contribution in [-0.4, -0.2) is 36.2 Å². The number of esters is 1. The first-order chi connectivity index (χ1) is 13.3. The van der Waals surface area contributed by atoms with E-state index in [1.165, 1.54) is 0 Å². The predicted octanol–water partition coefficient (Wildman–Crippen LogP) is 4.55. The van der Waals surface area contributed by atoms with Crippen LogP contribution in [0.2, 0.25) is 5.02 Å². The molecule has 2 aromatic carbocycles. The lowest BCUT2D eigenvalue weighted by molar-refractivity contribution is -0.195. The molecule has 4 rings (SSSR count). The highest BCUT2D eigenvalue weighted by Gasteiger charge is 2.56. The number of fused-ring (bicyclic) bond motifs is 1. The van der Waals surface area contributed by atoms with E-state index in [9.17, 15) is 4.79 Å². The van der Waals surface area contributed by atoms with Crippen molar-refractivity contribution in [3.05, 3.63) is 70.7 Å². The van der Waals surface area contributed by atoms with E-state index < -0.39 is 24.0 Å². The van der Waals surface area contributed by atoms with Crippen LogP contribution in [0.5, 0.6) is 0 Å². The molecule has 2 aromatic rings. The number of carbonyl (C=O) groups excluding carboxylic acids is 1. The van der Waals surface area contributed by atoms with Crippen molar-refractivity contribution in [2.24, 2.45) is 0 Å². The van der Waals surface area contributed by atoms with Crippen molar-refractivity contribution in [1.82, 2.24) is 0 Å². The molecule has 2 heterocycles. The first-order valence-electron chi connectivity index (χ1n) is 9.37. The second kappa shape index (κ2) is 7.48. The standard InChI is InChI=1S/C22H23ClO5/c1-13-17-20(28-22(2,3)27-17)19(25-13)18(14-9-11-16(23)12-10-14)26-21(24)15-7-5-4-6-8-15/h4-13,17-20H,1-3H3/t13?,17-,18+,19+,20-/m0/s1. The Morgan fingerprint density at radius 2 is 1.68 bits per heavy atom. The molecule has 2 saturated heterocycles. The molecule has 28 heavy (non-hydrogen) atoms. The van der Waals surface area contributed by atoms with Gasteiger partial charge in [-0.1, -0.05) is 41.9 Å². The van der Waals surface area contributed by atoms with E-state index in [-0.39, 0.29) is 18.3 Å². The molecule has 2 fully saturated rings. The highest BCUT2D eigenvalue weighted by molar-refractivity contribution is 6.30. The Hall–Kier alpha value is -1.92. The molecule has 0 N–H and O–H groups in total. The van der Waals surface area contributed by atoms with Crippen molar-refractivity contribution in [3.8, 4) is 0 Å². The Labute approximate surface area is 169 Å². The average molecular weight is 403 g/mol. The molecule has 1 unspecified atom stereocenters. The van der Waals surface area contributed by atoms with Crippen LogP contribution in [0.1, 0.15) is 42.8 Å². The maximum absolute atomic E-state index is 12.8. The molecule has 0 saturated carbocycles. The molecule has 0 aliphatic carbocycles. The van der Waals surface area contributed by atoms with Gasteiger partial charge in [0.2, 0.25) is 0 Å². The first-order valence-corrected chi connectivity index (χ1v) is 9.74. The number of benzene rings is 2. The molecule has 5 atom stereocenters. The summed E-state index contributed by atoms with van der Waals surface area (Å²) in [7, 11) is 0. The normalized spacial score (nSPS) is 29.3. The van der Waals surface area contributed by atoms with Crippen LogP contribution in [0.15, 0.2) is 54.6 Å². The molecule has 0 radical (unpaired) electrons. The third-order valence-corrected chi connectivity index (χ3v) is 5.31. The Bertz CT molecular complexity index is 836. The predicted molar refractivity (Wildman–Crippen MR) is 104 cm³/mol. The Kier molecular flexibility index (Phi) is 5.19. The molecule has 0 aromatic heterocycles. The lowest BCUT2D eigenvalue weighted by Gasteiger charge is -2.29. The minimum absolute atomic E-state index is 0.179. The van der Waals surface area contributed by atoms with Crippen molar-refractivity contribution in [3.63, 3.8) is 0 Å². The third-order valence-electron chi connectivity index (χ3n) is 5.06. The summed E-state index contributed by atoms with van der Waals surface area (Å²) < 4.78 is 24.2. The van der Waals surface area contributed by atoms with E-state index in [1.54, 1.807) is 36.4 Å². The van der Waals surface area contributed by atoms with E-state index in [0.717, 1.165) is 5.56 Å². The van der Waals surface area contributed by atoms with Gasteiger partial charge in [0.05, 0.1) is 11.7 Å². The summed E-state index contributed by atoms with van der Waals surface area (Å²) in [6, 6.07) is 16.1. The lowest BCUT2D eigenvalue weighted by Crippen LogP contribution is -2.36. The van der Waals surface area contributed by atoms with Crippen molar-refractivity contribution >= 4 is 17.6 Å². The number of hydrogen-bond donors (Lipinski definition) is 0. The number of rotatable bonds is 4. The molecule has 0 bridgehead atoms. The van der Waals surface area contributed by atoms with Crippen LogP contribution in [0.3, 0.4) is 0 Å². The second-order valence-electron chi connectivity index (χ2n) is 7.61. The minimum atomic E-state index is -0.709. The maximum atomic E-state index is 12.8. The number of ether oxygens (including phenoxy) is 4. The quantitative estimate of drug-likeness (QED) is 0.702. The van der Waals surface area contributed by atoms with Crippen LogP contribution in [-0.2, 0) is 18.9 Å². The highest BCUT2D eigenvalue weighted by atomic mass is 35.5. The van der Waals surface area contributed by atoms with E-state index >= 15 is 0 Å². The third kappa shape index (κ3) is 3.80. The van der Waals surface area contributed by atoms with Gasteiger partial charge in [0.1, 0.15) is 18.3 Å². The molecule has 6 heteroatoms. The monoisotopic (exact) mass is 402 g/mol. The fourth-order valence-electron chi connectivity index (χ4n) is 3.82. The van der Waals surface area contributed by atoms with Crippen LogP contribution in [0, 0.1) is 0 Å². The van der Waals surface area contributed by atoms with Crippen LogP contribution in [0.25, 0.3) is 0 Å². The SMILES string of the molecule is CC1O[C@H]([C@H](OC(=O)c2ccccc2)c2ccc(Cl)cc2)[C@H]2OC(C)(C)O[C@@H]12. The zero-order valence-electron chi connectivity index (χ0n) is 16.0. The van der Waals surface area contributed by atoms with Gasteiger partial charge in [-0.15, -0.1) is 0 Å². The van der Waals surface area contributed by atoms with Crippen LogP contribution >= 0.6 is 11.6 Å². The van der Waals surface area contributed by atoms with E-state index in [2.05, 4.69) is 0 Å². The molecule has 148 valence electrons. The van der Waals surface area contributed by atoms with Crippen LogP contribution in [0.4, 0.5) is 0 Å². The first kappa shape index (κ1) is 19.4. The van der Waals surface area contributed by atoms with Gasteiger partial charge in [0.25, 0.3) is 0 Å². The summed E-state index contributed by atoms with van der Waals surface area (Å²) in [6.45, 7) is 5.70. The second-order valence-corrected chi connectivity index (χ2v) is 8.05. The summed E-state index contributed by atoms with van der Waals surface area (Å²) in [6.07, 6.45) is -1.88. The lowest BCUT2D eigenvalue weighted by atomic mass is 9.98. The van der Waals surface area contributed by atoms with Crippen LogP contribution < -0.4 is 0 Å². The number of halogens is 1. The zero-order chi connectivity index (χ0) is 19.9. The fourth-order valence-corrected chi connectivity index (χ4v) is 3.94. The van der Waals surface area contributed by atoms with Gasteiger partial charge in [0, 0.05) is 5.02 Å². The topological polar surface area (TPSA) is 54.0 Å². The van der Waals surface area contributed by atoms with Gasteiger partial charge < -0.3 is 18.9 Å². The molecule has 0 spiro atoms. The molecular weight excluding hydrogens is 380 g/mol. The van der Waals surface area contributed by atoms with Gasteiger partial charge in [0.15, 0.2) is 11.9 Å². The number of hydrogen-bond acceptors (Lipinski definition) is 5. The van der Waals surface area contributed by atoms with E-state index in [1.807, 2.05) is 39.0 Å². The van der Waals surface area contributed by atoms with Gasteiger partial charge in [-0.05, 0) is 50.6 Å². The molecular formula is C22H23ClO5. The van der Waals surface area contributed by atoms with Crippen molar-refractivity contribution < 1.29 is 23.7 Å². The van der Waals surface area contributed by atoms with Gasteiger partial charge in [-0.2, -0.15) is 0 Å². The van der Waals surface area contributed by atoms with E-state index in [4.69, 9.17) is 30.5 Å². The Balaban J connectivity index is 1.65. The summed E-state index contributed by atoms with van der Waals surface area (Å²) in [4.78, 5) is 12.8. The molecule has 5 nitrogen and oxygen atoms in total. The summed E-state index contributed by atoms with van der Waals surface area (Å²) >= 11 is 6.04. The highest BCUT2D eigenvalue weighted by Crippen LogP contribution is 2.43. The summed E-state index contributed by atoms with van der Waals surface area (Å²) in [5.41, 5.74) is 1.27. The fraction of sp³-hybridized carbons (Fsp3) is 0.409.